The topological polar surface area (TPSA) is 71.1 Å². The largest absolute Gasteiger partial charge is 0.497 e. The minimum absolute atomic E-state index is 0.131. The lowest BCUT2D eigenvalue weighted by Crippen LogP contribution is -2.11. The van der Waals surface area contributed by atoms with Crippen LogP contribution < -0.4 is 18.9 Å². The summed E-state index contributed by atoms with van der Waals surface area (Å²) in [5, 5.41) is 0. The van der Waals surface area contributed by atoms with Crippen molar-refractivity contribution in [2.75, 3.05) is 20.3 Å². The van der Waals surface area contributed by atoms with E-state index in [1.54, 1.807) is 55.7 Å². The molecule has 0 atom stereocenters. The van der Waals surface area contributed by atoms with Crippen molar-refractivity contribution in [3.05, 3.63) is 89.2 Å². The summed E-state index contributed by atoms with van der Waals surface area (Å²) in [5.74, 6) is 2.16. The third-order valence-corrected chi connectivity index (χ3v) is 4.91. The predicted octanol–water partition coefficient (Wildman–Crippen LogP) is 4.97. The molecule has 1 aliphatic heterocycles. The Morgan fingerprint density at radius 3 is 2.28 bits per heavy atom. The average molecular weight is 430 g/mol. The third kappa shape index (κ3) is 4.64. The summed E-state index contributed by atoms with van der Waals surface area (Å²) in [4.78, 5) is 25.0. The molecule has 0 aromatic heterocycles. The summed E-state index contributed by atoms with van der Waals surface area (Å²) in [6.45, 7) is 2.38. The van der Waals surface area contributed by atoms with Gasteiger partial charge in [-0.2, -0.15) is 0 Å². The molecule has 0 saturated heterocycles. The van der Waals surface area contributed by atoms with Crippen molar-refractivity contribution >= 4 is 17.6 Å². The van der Waals surface area contributed by atoms with E-state index in [2.05, 4.69) is 0 Å². The van der Waals surface area contributed by atoms with Gasteiger partial charge in [-0.05, 0) is 67.1 Å². The zero-order valence-electron chi connectivity index (χ0n) is 17.8. The van der Waals surface area contributed by atoms with E-state index < -0.39 is 0 Å². The van der Waals surface area contributed by atoms with Crippen LogP contribution in [-0.4, -0.2) is 31.9 Å². The van der Waals surface area contributed by atoms with Crippen LogP contribution >= 0.6 is 0 Å². The fourth-order valence-electron chi connectivity index (χ4n) is 3.24. The molecule has 0 aliphatic carbocycles. The number of hydrogen-bond acceptors (Lipinski definition) is 6. The number of allylic oxidation sites excluding steroid dienone is 1. The van der Waals surface area contributed by atoms with Crippen molar-refractivity contribution in [3.63, 3.8) is 0 Å². The molecular weight excluding hydrogens is 408 g/mol. The van der Waals surface area contributed by atoms with Gasteiger partial charge < -0.3 is 18.9 Å². The Balaban J connectivity index is 1.42. The molecule has 0 amide bonds. The Morgan fingerprint density at radius 2 is 1.59 bits per heavy atom. The summed E-state index contributed by atoms with van der Waals surface area (Å²) in [6.07, 6.45) is 1.69. The van der Waals surface area contributed by atoms with Crippen LogP contribution in [0.3, 0.4) is 0 Å². The quantitative estimate of drug-likeness (QED) is 0.371. The van der Waals surface area contributed by atoms with E-state index in [1.165, 1.54) is 0 Å². The molecule has 32 heavy (non-hydrogen) atoms. The van der Waals surface area contributed by atoms with Gasteiger partial charge in [-0.3, -0.25) is 9.59 Å². The van der Waals surface area contributed by atoms with E-state index in [0.717, 1.165) is 11.3 Å². The number of ether oxygens (including phenoxy) is 4. The second-order valence-corrected chi connectivity index (χ2v) is 7.04. The fraction of sp³-hybridized carbons (Fsp3) is 0.154. The van der Waals surface area contributed by atoms with Crippen LogP contribution in [0.2, 0.25) is 0 Å². The highest BCUT2D eigenvalue weighted by molar-refractivity contribution is 6.14. The molecule has 0 N–H and O–H groups in total. The number of carbonyl (C=O) groups excluding carboxylic acids is 2. The van der Waals surface area contributed by atoms with Gasteiger partial charge in [0, 0.05) is 11.6 Å². The van der Waals surface area contributed by atoms with Crippen LogP contribution in [0.4, 0.5) is 0 Å². The van der Waals surface area contributed by atoms with Crippen LogP contribution in [0.1, 0.15) is 33.2 Å². The smallest absolute Gasteiger partial charge is 0.231 e. The van der Waals surface area contributed by atoms with E-state index >= 15 is 0 Å². The van der Waals surface area contributed by atoms with Gasteiger partial charge in [-0.25, -0.2) is 0 Å². The molecule has 0 spiro atoms. The fourth-order valence-corrected chi connectivity index (χ4v) is 3.24. The van der Waals surface area contributed by atoms with Gasteiger partial charge in [0.15, 0.2) is 18.1 Å². The second kappa shape index (κ2) is 9.39. The molecule has 0 radical (unpaired) electrons. The molecular formula is C26H22O6. The maximum Gasteiger partial charge on any atom is 0.231 e. The number of benzene rings is 3. The number of rotatable bonds is 8. The Kier molecular flexibility index (Phi) is 6.22. The molecule has 6 nitrogen and oxygen atoms in total. The monoisotopic (exact) mass is 430 g/mol. The van der Waals surface area contributed by atoms with E-state index in [4.69, 9.17) is 18.9 Å². The van der Waals surface area contributed by atoms with E-state index in [9.17, 15) is 9.59 Å². The molecule has 0 fully saturated rings. The Hall–Kier alpha value is -4.06. The summed E-state index contributed by atoms with van der Waals surface area (Å²) in [5.41, 5.74) is 1.81. The Morgan fingerprint density at radius 1 is 0.906 bits per heavy atom. The predicted molar refractivity (Wildman–Crippen MR) is 120 cm³/mol. The average Bonchev–Trinajstić information content (AvgIpc) is 3.13. The normalized spacial score (nSPS) is 13.4. The molecule has 6 heteroatoms. The highest BCUT2D eigenvalue weighted by Gasteiger charge is 2.27. The number of Topliss-reactive ketones (excluding diaryl/α,β-unsaturated/α-hetero) is 2. The lowest BCUT2D eigenvalue weighted by Gasteiger charge is -2.07. The van der Waals surface area contributed by atoms with Crippen LogP contribution in [-0.2, 0) is 0 Å². The number of carbonyl (C=O) groups is 2. The molecule has 0 saturated carbocycles. The number of methoxy groups -OCH3 is 1. The first-order chi connectivity index (χ1) is 15.6. The van der Waals surface area contributed by atoms with Gasteiger partial charge in [0.2, 0.25) is 5.78 Å². The molecule has 162 valence electrons. The van der Waals surface area contributed by atoms with Gasteiger partial charge in [0.1, 0.15) is 23.0 Å². The van der Waals surface area contributed by atoms with Crippen molar-refractivity contribution in [1.29, 1.82) is 0 Å². The maximum atomic E-state index is 12.7. The van der Waals surface area contributed by atoms with Crippen molar-refractivity contribution in [3.8, 4) is 23.0 Å². The van der Waals surface area contributed by atoms with Crippen LogP contribution in [0.5, 0.6) is 23.0 Å². The highest BCUT2D eigenvalue weighted by Crippen LogP contribution is 2.35. The maximum absolute atomic E-state index is 12.7. The minimum Gasteiger partial charge on any atom is -0.497 e. The van der Waals surface area contributed by atoms with Crippen molar-refractivity contribution in [2.24, 2.45) is 0 Å². The lowest BCUT2D eigenvalue weighted by molar-refractivity contribution is 0.0920. The van der Waals surface area contributed by atoms with Crippen molar-refractivity contribution in [2.45, 2.75) is 6.92 Å². The summed E-state index contributed by atoms with van der Waals surface area (Å²) < 4.78 is 21.9. The standard InChI is InChI=1S/C26H22O6/c1-3-30-20-8-4-17(5-9-20)14-25-26(28)22-13-12-21(15-24(22)32-25)31-16-23(27)18-6-10-19(29-2)11-7-18/h4-15H,3,16H2,1-2H3. The first kappa shape index (κ1) is 21.2. The van der Waals surface area contributed by atoms with Crippen LogP contribution in [0.25, 0.3) is 6.08 Å². The zero-order chi connectivity index (χ0) is 22.5. The summed E-state index contributed by atoms with van der Waals surface area (Å²) >= 11 is 0. The first-order valence-electron chi connectivity index (χ1n) is 10.2. The Labute approximate surface area is 186 Å². The summed E-state index contributed by atoms with van der Waals surface area (Å²) in [7, 11) is 1.57. The van der Waals surface area contributed by atoms with Gasteiger partial charge in [-0.15, -0.1) is 0 Å². The van der Waals surface area contributed by atoms with E-state index in [1.807, 2.05) is 31.2 Å². The van der Waals surface area contributed by atoms with Gasteiger partial charge in [-0.1, -0.05) is 12.1 Å². The first-order valence-corrected chi connectivity index (χ1v) is 10.2. The van der Waals surface area contributed by atoms with Gasteiger partial charge >= 0.3 is 0 Å². The molecule has 4 rings (SSSR count). The van der Waals surface area contributed by atoms with Gasteiger partial charge in [0.05, 0.1) is 19.3 Å². The highest BCUT2D eigenvalue weighted by atomic mass is 16.5. The number of fused-ring (bicyclic) bond motifs is 1. The second-order valence-electron chi connectivity index (χ2n) is 7.04. The minimum atomic E-state index is -0.199. The number of ketones is 2. The molecule has 0 unspecified atom stereocenters. The van der Waals surface area contributed by atoms with Gasteiger partial charge in [0.25, 0.3) is 0 Å². The molecule has 3 aromatic rings. The van der Waals surface area contributed by atoms with Crippen molar-refractivity contribution < 1.29 is 28.5 Å². The lowest BCUT2D eigenvalue weighted by atomic mass is 10.1. The van der Waals surface area contributed by atoms with Crippen molar-refractivity contribution in [1.82, 2.24) is 0 Å². The SMILES string of the molecule is CCOc1ccc(C=C2Oc3cc(OCC(=O)c4ccc(OC)cc4)ccc3C2=O)cc1. The molecule has 1 aliphatic rings. The Bertz CT molecular complexity index is 1160. The molecule has 3 aromatic carbocycles. The number of hydrogen-bond donors (Lipinski definition) is 0. The van der Waals surface area contributed by atoms with Crippen LogP contribution in [0.15, 0.2) is 72.5 Å². The molecule has 1 heterocycles. The van der Waals surface area contributed by atoms with E-state index in [0.29, 0.717) is 35.0 Å². The zero-order valence-corrected chi connectivity index (χ0v) is 17.8. The van der Waals surface area contributed by atoms with E-state index in [-0.39, 0.29) is 23.9 Å². The third-order valence-electron chi connectivity index (χ3n) is 4.91. The molecule has 0 bridgehead atoms. The summed E-state index contributed by atoms with van der Waals surface area (Å²) in [6, 6.07) is 19.1. The van der Waals surface area contributed by atoms with Crippen LogP contribution in [0, 0.1) is 0 Å².